The van der Waals surface area contributed by atoms with Gasteiger partial charge in [0.15, 0.2) is 17.5 Å². The molecule has 122 valence electrons. The standard InChI is InChI=1S/C19H20N4O/c1-19(12-6-8-14-24-19)18-21-17(15-9-3-2-4-10-15)22-23(18)16-11-5-7-13-20-16/h2-5,7,9-11,13H,6,8,12,14H2,1H3/t19-/m0/s1. The zero-order chi connectivity index (χ0) is 16.4. The molecule has 5 nitrogen and oxygen atoms in total. The third-order valence-electron chi connectivity index (χ3n) is 4.45. The number of nitrogens with zero attached hydrogens (tertiary/aromatic N) is 4. The molecule has 1 atom stereocenters. The van der Waals surface area contributed by atoms with Crippen molar-refractivity contribution >= 4 is 0 Å². The first-order valence-corrected chi connectivity index (χ1v) is 8.35. The monoisotopic (exact) mass is 320 g/mol. The molecule has 1 aliphatic rings. The summed E-state index contributed by atoms with van der Waals surface area (Å²) in [7, 11) is 0. The summed E-state index contributed by atoms with van der Waals surface area (Å²) in [6, 6.07) is 15.8. The van der Waals surface area contributed by atoms with Crippen LogP contribution in [0.5, 0.6) is 0 Å². The van der Waals surface area contributed by atoms with Crippen LogP contribution in [0.15, 0.2) is 54.7 Å². The molecular formula is C19H20N4O. The Morgan fingerprint density at radius 3 is 2.58 bits per heavy atom. The minimum Gasteiger partial charge on any atom is -0.367 e. The summed E-state index contributed by atoms with van der Waals surface area (Å²) in [6.45, 7) is 2.86. The van der Waals surface area contributed by atoms with Crippen molar-refractivity contribution in [1.82, 2.24) is 19.7 Å². The predicted octanol–water partition coefficient (Wildman–Crippen LogP) is 3.75. The van der Waals surface area contributed by atoms with Gasteiger partial charge in [-0.05, 0) is 38.3 Å². The smallest absolute Gasteiger partial charge is 0.182 e. The van der Waals surface area contributed by atoms with Crippen LogP contribution in [0.4, 0.5) is 0 Å². The average Bonchev–Trinajstić information content (AvgIpc) is 3.10. The number of benzene rings is 1. The van der Waals surface area contributed by atoms with Crippen LogP contribution in [0.3, 0.4) is 0 Å². The lowest BCUT2D eigenvalue weighted by atomic mass is 9.95. The molecule has 1 aromatic carbocycles. The molecule has 0 unspecified atom stereocenters. The highest BCUT2D eigenvalue weighted by Crippen LogP contribution is 2.35. The van der Waals surface area contributed by atoms with E-state index in [2.05, 4.69) is 11.9 Å². The van der Waals surface area contributed by atoms with Crippen LogP contribution in [-0.2, 0) is 10.3 Å². The fraction of sp³-hybridized carbons (Fsp3) is 0.316. The van der Waals surface area contributed by atoms with Gasteiger partial charge in [-0.15, -0.1) is 5.10 Å². The van der Waals surface area contributed by atoms with Gasteiger partial charge in [0.25, 0.3) is 0 Å². The summed E-state index contributed by atoms with van der Waals surface area (Å²) in [5.74, 6) is 2.28. The minimum absolute atomic E-state index is 0.435. The fourth-order valence-electron chi connectivity index (χ4n) is 3.11. The molecule has 0 radical (unpaired) electrons. The Morgan fingerprint density at radius 2 is 1.88 bits per heavy atom. The van der Waals surface area contributed by atoms with Crippen LogP contribution in [-0.4, -0.2) is 26.4 Å². The van der Waals surface area contributed by atoms with E-state index in [9.17, 15) is 0 Å². The Labute approximate surface area is 141 Å². The number of pyridine rings is 1. The minimum atomic E-state index is -0.435. The van der Waals surface area contributed by atoms with Gasteiger partial charge < -0.3 is 4.74 Å². The summed E-state index contributed by atoms with van der Waals surface area (Å²) in [6.07, 6.45) is 4.94. The molecule has 0 amide bonds. The van der Waals surface area contributed by atoms with E-state index in [1.807, 2.05) is 53.2 Å². The van der Waals surface area contributed by atoms with Gasteiger partial charge >= 0.3 is 0 Å². The van der Waals surface area contributed by atoms with E-state index < -0.39 is 5.60 Å². The maximum atomic E-state index is 6.11. The molecule has 3 heterocycles. The Kier molecular flexibility index (Phi) is 3.86. The number of ether oxygens (including phenoxy) is 1. The second kappa shape index (κ2) is 6.17. The van der Waals surface area contributed by atoms with Crippen LogP contribution in [0.2, 0.25) is 0 Å². The Morgan fingerprint density at radius 1 is 1.04 bits per heavy atom. The Hall–Kier alpha value is -2.53. The number of hydrogen-bond donors (Lipinski definition) is 0. The molecule has 5 heteroatoms. The molecule has 1 saturated heterocycles. The fourth-order valence-corrected chi connectivity index (χ4v) is 3.11. The van der Waals surface area contributed by atoms with E-state index in [1.165, 1.54) is 0 Å². The van der Waals surface area contributed by atoms with E-state index in [0.717, 1.165) is 43.1 Å². The van der Waals surface area contributed by atoms with Crippen LogP contribution in [0, 0.1) is 0 Å². The summed E-state index contributed by atoms with van der Waals surface area (Å²) < 4.78 is 7.94. The Bertz CT molecular complexity index is 808. The second-order valence-corrected chi connectivity index (χ2v) is 6.26. The van der Waals surface area contributed by atoms with Crippen molar-refractivity contribution in [1.29, 1.82) is 0 Å². The molecular weight excluding hydrogens is 300 g/mol. The van der Waals surface area contributed by atoms with Gasteiger partial charge in [0.1, 0.15) is 5.60 Å². The van der Waals surface area contributed by atoms with E-state index in [1.54, 1.807) is 6.20 Å². The molecule has 4 rings (SSSR count). The van der Waals surface area contributed by atoms with Crippen molar-refractivity contribution in [3.63, 3.8) is 0 Å². The third-order valence-corrected chi connectivity index (χ3v) is 4.45. The van der Waals surface area contributed by atoms with Crippen LogP contribution < -0.4 is 0 Å². The molecule has 1 fully saturated rings. The Balaban J connectivity index is 1.86. The zero-order valence-corrected chi connectivity index (χ0v) is 13.7. The molecule has 1 aliphatic heterocycles. The summed E-state index contributed by atoms with van der Waals surface area (Å²) in [4.78, 5) is 9.29. The lowest BCUT2D eigenvalue weighted by Gasteiger charge is -2.32. The molecule has 0 N–H and O–H groups in total. The first-order chi connectivity index (χ1) is 11.8. The molecule has 2 aromatic heterocycles. The van der Waals surface area contributed by atoms with E-state index in [0.29, 0.717) is 5.82 Å². The molecule has 3 aromatic rings. The SMILES string of the molecule is C[C@@]1(c2nc(-c3ccccc3)nn2-c2ccccn2)CCCCO1. The highest BCUT2D eigenvalue weighted by atomic mass is 16.5. The number of aromatic nitrogens is 4. The normalized spacial score (nSPS) is 20.9. The summed E-state index contributed by atoms with van der Waals surface area (Å²) in [5, 5.41) is 4.73. The predicted molar refractivity (Wildman–Crippen MR) is 91.7 cm³/mol. The summed E-state index contributed by atoms with van der Waals surface area (Å²) >= 11 is 0. The first kappa shape index (κ1) is 15.0. The van der Waals surface area contributed by atoms with E-state index in [4.69, 9.17) is 14.8 Å². The van der Waals surface area contributed by atoms with Gasteiger partial charge in [-0.3, -0.25) is 0 Å². The van der Waals surface area contributed by atoms with E-state index in [-0.39, 0.29) is 0 Å². The van der Waals surface area contributed by atoms with Gasteiger partial charge in [-0.1, -0.05) is 36.4 Å². The van der Waals surface area contributed by atoms with Crippen molar-refractivity contribution in [2.75, 3.05) is 6.61 Å². The van der Waals surface area contributed by atoms with Gasteiger partial charge in [0.05, 0.1) is 0 Å². The summed E-state index contributed by atoms with van der Waals surface area (Å²) in [5.41, 5.74) is 0.559. The van der Waals surface area contributed by atoms with Gasteiger partial charge in [0.2, 0.25) is 0 Å². The molecule has 0 bridgehead atoms. The lowest BCUT2D eigenvalue weighted by Crippen LogP contribution is -2.33. The highest BCUT2D eigenvalue weighted by Gasteiger charge is 2.36. The third kappa shape index (κ3) is 2.71. The van der Waals surface area contributed by atoms with Crippen LogP contribution in [0.1, 0.15) is 32.0 Å². The topological polar surface area (TPSA) is 52.8 Å². The molecule has 0 saturated carbocycles. The van der Waals surface area contributed by atoms with Crippen LogP contribution in [0.25, 0.3) is 17.2 Å². The van der Waals surface area contributed by atoms with Crippen molar-refractivity contribution in [3.05, 3.63) is 60.6 Å². The van der Waals surface area contributed by atoms with Crippen molar-refractivity contribution in [2.24, 2.45) is 0 Å². The van der Waals surface area contributed by atoms with Crippen molar-refractivity contribution in [2.45, 2.75) is 31.8 Å². The van der Waals surface area contributed by atoms with Gasteiger partial charge in [-0.25, -0.2) is 9.97 Å². The average molecular weight is 320 g/mol. The van der Waals surface area contributed by atoms with Gasteiger partial charge in [-0.2, -0.15) is 4.68 Å². The van der Waals surface area contributed by atoms with E-state index >= 15 is 0 Å². The maximum Gasteiger partial charge on any atom is 0.182 e. The molecule has 24 heavy (non-hydrogen) atoms. The highest BCUT2D eigenvalue weighted by molar-refractivity contribution is 5.54. The molecule has 0 spiro atoms. The van der Waals surface area contributed by atoms with Crippen molar-refractivity contribution < 1.29 is 4.74 Å². The first-order valence-electron chi connectivity index (χ1n) is 8.35. The zero-order valence-electron chi connectivity index (χ0n) is 13.7. The van der Waals surface area contributed by atoms with Crippen molar-refractivity contribution in [3.8, 4) is 17.2 Å². The van der Waals surface area contributed by atoms with Gasteiger partial charge in [0, 0.05) is 18.4 Å². The molecule has 0 aliphatic carbocycles. The van der Waals surface area contributed by atoms with Crippen LogP contribution >= 0.6 is 0 Å². The number of hydrogen-bond acceptors (Lipinski definition) is 4. The maximum absolute atomic E-state index is 6.11. The largest absolute Gasteiger partial charge is 0.367 e. The number of rotatable bonds is 3. The lowest BCUT2D eigenvalue weighted by molar-refractivity contribution is -0.0773. The second-order valence-electron chi connectivity index (χ2n) is 6.26. The quantitative estimate of drug-likeness (QED) is 0.737.